The predicted molar refractivity (Wildman–Crippen MR) is 79.8 cm³/mol. The highest BCUT2D eigenvalue weighted by atomic mass is 16.2. The average molecular weight is 303 g/mol. The minimum atomic E-state index is -0.0432. The Bertz CT molecular complexity index is 548. The number of nitrogens with zero attached hydrogens (tertiary/aromatic N) is 5. The lowest BCUT2D eigenvalue weighted by Gasteiger charge is -2.32. The van der Waals surface area contributed by atoms with Gasteiger partial charge >= 0.3 is 0 Å². The van der Waals surface area contributed by atoms with E-state index < -0.39 is 0 Å². The van der Waals surface area contributed by atoms with Gasteiger partial charge in [-0.15, -0.1) is 0 Å². The lowest BCUT2D eigenvalue weighted by atomic mass is 9.95. The van der Waals surface area contributed by atoms with E-state index in [-0.39, 0.29) is 23.8 Å². The second kappa shape index (κ2) is 6.29. The van der Waals surface area contributed by atoms with Crippen molar-refractivity contribution in [2.45, 2.75) is 25.3 Å². The highest BCUT2D eigenvalue weighted by Gasteiger charge is 2.34. The van der Waals surface area contributed by atoms with Crippen LogP contribution in [0.5, 0.6) is 0 Å². The molecule has 0 saturated carbocycles. The fraction of sp³-hybridized carbons (Fsp3) is 0.600. The zero-order valence-corrected chi connectivity index (χ0v) is 12.6. The highest BCUT2D eigenvalue weighted by molar-refractivity contribution is 5.87. The summed E-state index contributed by atoms with van der Waals surface area (Å²) in [6, 6.07) is 0.230. The second-order valence-corrected chi connectivity index (χ2v) is 5.91. The summed E-state index contributed by atoms with van der Waals surface area (Å²) < 4.78 is 1.83. The van der Waals surface area contributed by atoms with E-state index in [2.05, 4.69) is 16.7 Å². The van der Waals surface area contributed by atoms with E-state index in [1.165, 1.54) is 12.4 Å². The molecule has 2 aliphatic heterocycles. The van der Waals surface area contributed by atoms with Crippen LogP contribution in [0.3, 0.4) is 0 Å². The highest BCUT2D eigenvalue weighted by Crippen LogP contribution is 2.26. The molecule has 2 amide bonds. The van der Waals surface area contributed by atoms with Crippen LogP contribution in [0.2, 0.25) is 0 Å². The molecule has 0 aromatic carbocycles. The Labute approximate surface area is 129 Å². The van der Waals surface area contributed by atoms with Crippen LogP contribution in [0, 0.1) is 5.92 Å². The SMILES string of the molecule is C=CC(=O)N1CCC(C(=O)N2CCC(n3cncn3)C2)CC1. The van der Waals surface area contributed by atoms with Crippen molar-refractivity contribution in [2.75, 3.05) is 26.2 Å². The first kappa shape index (κ1) is 14.7. The van der Waals surface area contributed by atoms with Gasteiger partial charge in [-0.05, 0) is 25.3 Å². The summed E-state index contributed by atoms with van der Waals surface area (Å²) in [7, 11) is 0. The molecule has 1 unspecified atom stereocenters. The molecule has 0 spiro atoms. The van der Waals surface area contributed by atoms with Crippen molar-refractivity contribution in [2.24, 2.45) is 5.92 Å². The van der Waals surface area contributed by atoms with Crippen LogP contribution in [-0.4, -0.2) is 62.6 Å². The van der Waals surface area contributed by atoms with Gasteiger partial charge in [-0.2, -0.15) is 5.10 Å². The maximum Gasteiger partial charge on any atom is 0.245 e. The molecule has 7 nitrogen and oxygen atoms in total. The second-order valence-electron chi connectivity index (χ2n) is 5.91. The van der Waals surface area contributed by atoms with Gasteiger partial charge in [0.05, 0.1) is 6.04 Å². The molecule has 3 heterocycles. The van der Waals surface area contributed by atoms with Crippen LogP contribution in [-0.2, 0) is 9.59 Å². The van der Waals surface area contributed by atoms with Gasteiger partial charge in [0, 0.05) is 32.1 Å². The van der Waals surface area contributed by atoms with Gasteiger partial charge < -0.3 is 9.80 Å². The molecule has 118 valence electrons. The number of rotatable bonds is 3. The normalized spacial score (nSPS) is 22.8. The van der Waals surface area contributed by atoms with E-state index in [4.69, 9.17) is 0 Å². The Kier molecular flexibility index (Phi) is 4.22. The minimum absolute atomic E-state index is 0.0309. The van der Waals surface area contributed by atoms with Gasteiger partial charge in [0.15, 0.2) is 0 Å². The number of piperidine rings is 1. The van der Waals surface area contributed by atoms with Crippen LogP contribution in [0.15, 0.2) is 25.3 Å². The van der Waals surface area contributed by atoms with Crippen molar-refractivity contribution in [3.8, 4) is 0 Å². The monoisotopic (exact) mass is 303 g/mol. The molecular formula is C15H21N5O2. The number of aromatic nitrogens is 3. The average Bonchev–Trinajstić information content (AvgIpc) is 3.24. The number of likely N-dealkylation sites (tertiary alicyclic amines) is 2. The van der Waals surface area contributed by atoms with Crippen LogP contribution < -0.4 is 0 Å². The molecule has 22 heavy (non-hydrogen) atoms. The van der Waals surface area contributed by atoms with Crippen molar-refractivity contribution in [3.05, 3.63) is 25.3 Å². The van der Waals surface area contributed by atoms with Crippen molar-refractivity contribution in [3.63, 3.8) is 0 Å². The van der Waals surface area contributed by atoms with Crippen LogP contribution in [0.25, 0.3) is 0 Å². The molecule has 3 rings (SSSR count). The van der Waals surface area contributed by atoms with Gasteiger partial charge in [-0.3, -0.25) is 9.59 Å². The molecule has 2 aliphatic rings. The molecule has 2 fully saturated rings. The van der Waals surface area contributed by atoms with E-state index >= 15 is 0 Å². The van der Waals surface area contributed by atoms with E-state index in [1.807, 2.05) is 9.58 Å². The Morgan fingerprint density at radius 3 is 2.50 bits per heavy atom. The lowest BCUT2D eigenvalue weighted by Crippen LogP contribution is -2.43. The van der Waals surface area contributed by atoms with Gasteiger partial charge in [-0.1, -0.05) is 6.58 Å². The van der Waals surface area contributed by atoms with Gasteiger partial charge in [-0.25, -0.2) is 9.67 Å². The first-order valence-corrected chi connectivity index (χ1v) is 7.73. The summed E-state index contributed by atoms with van der Waals surface area (Å²) in [5.74, 6) is 0.204. The van der Waals surface area contributed by atoms with Gasteiger partial charge in [0.2, 0.25) is 11.8 Å². The third-order valence-electron chi connectivity index (χ3n) is 4.62. The minimum Gasteiger partial charge on any atom is -0.340 e. The number of amides is 2. The van der Waals surface area contributed by atoms with Crippen molar-refractivity contribution in [1.29, 1.82) is 0 Å². The van der Waals surface area contributed by atoms with Gasteiger partial charge in [0.25, 0.3) is 0 Å². The van der Waals surface area contributed by atoms with Crippen molar-refractivity contribution < 1.29 is 9.59 Å². The number of hydrogen-bond donors (Lipinski definition) is 0. The van der Waals surface area contributed by atoms with E-state index in [1.54, 1.807) is 11.2 Å². The zero-order valence-electron chi connectivity index (χ0n) is 12.6. The van der Waals surface area contributed by atoms with E-state index in [0.717, 1.165) is 25.8 Å². The summed E-state index contributed by atoms with van der Waals surface area (Å²) in [6.07, 6.45) is 6.97. The number of hydrogen-bond acceptors (Lipinski definition) is 4. The Balaban J connectivity index is 1.53. The number of carbonyl (C=O) groups is 2. The van der Waals surface area contributed by atoms with Crippen molar-refractivity contribution in [1.82, 2.24) is 24.6 Å². The quantitative estimate of drug-likeness (QED) is 0.761. The molecular weight excluding hydrogens is 282 g/mol. The third kappa shape index (κ3) is 2.88. The van der Waals surface area contributed by atoms with E-state index in [9.17, 15) is 9.59 Å². The smallest absolute Gasteiger partial charge is 0.245 e. The molecule has 0 bridgehead atoms. The number of carbonyl (C=O) groups excluding carboxylic acids is 2. The standard InChI is InChI=1S/C15H21N5O2/c1-2-14(21)18-6-3-12(4-7-18)15(22)19-8-5-13(9-19)20-11-16-10-17-20/h2,10-13H,1,3-9H2. The first-order valence-electron chi connectivity index (χ1n) is 7.73. The summed E-state index contributed by atoms with van der Waals surface area (Å²) in [5.41, 5.74) is 0. The Morgan fingerprint density at radius 2 is 1.86 bits per heavy atom. The first-order chi connectivity index (χ1) is 10.7. The molecule has 1 atom stereocenters. The Morgan fingerprint density at radius 1 is 1.14 bits per heavy atom. The van der Waals surface area contributed by atoms with Crippen LogP contribution in [0.4, 0.5) is 0 Å². The molecule has 2 saturated heterocycles. The van der Waals surface area contributed by atoms with Crippen LogP contribution >= 0.6 is 0 Å². The molecule has 7 heteroatoms. The fourth-order valence-electron chi connectivity index (χ4n) is 3.30. The molecule has 0 N–H and O–H groups in total. The largest absolute Gasteiger partial charge is 0.340 e. The summed E-state index contributed by atoms with van der Waals surface area (Å²) in [6.45, 7) is 6.26. The predicted octanol–water partition coefficient (Wildman–Crippen LogP) is 0.476. The summed E-state index contributed by atoms with van der Waals surface area (Å²) >= 11 is 0. The van der Waals surface area contributed by atoms with E-state index in [0.29, 0.717) is 19.6 Å². The molecule has 1 aromatic rings. The maximum atomic E-state index is 12.6. The summed E-state index contributed by atoms with van der Waals surface area (Å²) in [5, 5.41) is 4.16. The van der Waals surface area contributed by atoms with Gasteiger partial charge in [0.1, 0.15) is 12.7 Å². The third-order valence-corrected chi connectivity index (χ3v) is 4.62. The Hall–Kier alpha value is -2.18. The topological polar surface area (TPSA) is 71.3 Å². The summed E-state index contributed by atoms with van der Waals surface area (Å²) in [4.78, 5) is 31.8. The molecule has 0 radical (unpaired) electrons. The lowest BCUT2D eigenvalue weighted by molar-refractivity contribution is -0.138. The molecule has 0 aliphatic carbocycles. The fourth-order valence-corrected chi connectivity index (χ4v) is 3.30. The van der Waals surface area contributed by atoms with Crippen LogP contribution in [0.1, 0.15) is 25.3 Å². The maximum absolute atomic E-state index is 12.6. The zero-order chi connectivity index (χ0) is 15.5. The molecule has 1 aromatic heterocycles. The van der Waals surface area contributed by atoms with Crippen molar-refractivity contribution >= 4 is 11.8 Å².